The molecule has 16 heavy (non-hydrogen) atoms. The predicted molar refractivity (Wildman–Crippen MR) is 75.9 cm³/mol. The van der Waals surface area contributed by atoms with Crippen LogP contribution in [0.25, 0.3) is 0 Å². The molecule has 1 aliphatic heterocycles. The lowest BCUT2D eigenvalue weighted by atomic mass is 9.91. The minimum atomic E-state index is 0.268. The summed E-state index contributed by atoms with van der Waals surface area (Å²) in [6, 6.07) is 6.98. The maximum absolute atomic E-state index is 3.66. The highest BCUT2D eigenvalue weighted by molar-refractivity contribution is 9.10. The third-order valence-electron chi connectivity index (χ3n) is 3.16. The van der Waals surface area contributed by atoms with Crippen LogP contribution in [0.2, 0.25) is 0 Å². The van der Waals surface area contributed by atoms with Gasteiger partial charge in [-0.2, -0.15) is 0 Å². The van der Waals surface area contributed by atoms with Gasteiger partial charge in [0.25, 0.3) is 0 Å². The normalized spacial score (nSPS) is 22.9. The van der Waals surface area contributed by atoms with Crippen molar-refractivity contribution in [1.82, 2.24) is 5.32 Å². The fourth-order valence-electron chi connectivity index (χ4n) is 2.27. The number of thioether (sulfide) groups is 1. The topological polar surface area (TPSA) is 12.0 Å². The molecule has 88 valence electrons. The minimum absolute atomic E-state index is 0.268. The molecular formula is C13H18BrNS. The first kappa shape index (κ1) is 12.5. The van der Waals surface area contributed by atoms with Gasteiger partial charge in [0, 0.05) is 21.0 Å². The molecule has 0 spiro atoms. The van der Waals surface area contributed by atoms with Crippen LogP contribution in [-0.2, 0) is 5.75 Å². The summed E-state index contributed by atoms with van der Waals surface area (Å²) in [5.41, 5.74) is 2.91. The molecule has 1 unspecified atom stereocenters. The zero-order chi connectivity index (χ0) is 11.8. The Labute approximate surface area is 111 Å². The summed E-state index contributed by atoms with van der Waals surface area (Å²) in [5.74, 6) is 1.10. The molecule has 0 bridgehead atoms. The van der Waals surface area contributed by atoms with E-state index in [0.29, 0.717) is 6.04 Å². The fourth-order valence-corrected chi connectivity index (χ4v) is 4.20. The van der Waals surface area contributed by atoms with Crippen LogP contribution in [-0.4, -0.2) is 11.3 Å². The Morgan fingerprint density at radius 2 is 2.25 bits per heavy atom. The molecule has 2 rings (SSSR count). The van der Waals surface area contributed by atoms with Gasteiger partial charge in [-0.1, -0.05) is 35.0 Å². The molecule has 1 aromatic rings. The Morgan fingerprint density at radius 3 is 2.94 bits per heavy atom. The number of rotatable bonds is 2. The molecule has 1 aromatic carbocycles. The van der Waals surface area contributed by atoms with Gasteiger partial charge in [-0.25, -0.2) is 0 Å². The molecule has 1 heterocycles. The fraction of sp³-hybridized carbons (Fsp3) is 0.538. The van der Waals surface area contributed by atoms with E-state index in [1.807, 2.05) is 11.8 Å². The lowest BCUT2D eigenvalue weighted by molar-refractivity contribution is 0.450. The largest absolute Gasteiger partial charge is 0.309 e. The van der Waals surface area contributed by atoms with Crippen molar-refractivity contribution in [3.8, 4) is 0 Å². The van der Waals surface area contributed by atoms with Crippen LogP contribution in [0.3, 0.4) is 0 Å². The van der Waals surface area contributed by atoms with Gasteiger partial charge >= 0.3 is 0 Å². The number of nitrogens with one attached hydrogen (secondary N) is 1. The molecule has 1 N–H and O–H groups in total. The van der Waals surface area contributed by atoms with Crippen molar-refractivity contribution in [3.63, 3.8) is 0 Å². The van der Waals surface area contributed by atoms with E-state index in [-0.39, 0.29) is 4.75 Å². The maximum Gasteiger partial charge on any atom is 0.0467 e. The Morgan fingerprint density at radius 1 is 1.50 bits per heavy atom. The van der Waals surface area contributed by atoms with Crippen molar-refractivity contribution in [3.05, 3.63) is 33.8 Å². The summed E-state index contributed by atoms with van der Waals surface area (Å²) in [7, 11) is 0. The van der Waals surface area contributed by atoms with Crippen LogP contribution in [0, 0.1) is 0 Å². The van der Waals surface area contributed by atoms with Crippen LogP contribution >= 0.6 is 27.7 Å². The van der Waals surface area contributed by atoms with Crippen LogP contribution in [0.5, 0.6) is 0 Å². The van der Waals surface area contributed by atoms with E-state index in [4.69, 9.17) is 0 Å². The summed E-state index contributed by atoms with van der Waals surface area (Å²) < 4.78 is 1.51. The average Bonchev–Trinajstić information content (AvgIpc) is 2.23. The predicted octanol–water partition coefficient (Wildman–Crippen LogP) is 4.13. The van der Waals surface area contributed by atoms with E-state index in [0.717, 1.165) is 12.3 Å². The number of fused-ring (bicyclic) bond motifs is 1. The van der Waals surface area contributed by atoms with Gasteiger partial charge in [0.05, 0.1) is 0 Å². The number of benzene rings is 1. The van der Waals surface area contributed by atoms with Crippen LogP contribution in [0.15, 0.2) is 22.7 Å². The van der Waals surface area contributed by atoms with Crippen LogP contribution in [0.4, 0.5) is 0 Å². The molecule has 0 saturated heterocycles. The Bertz CT molecular complexity index is 390. The second-order valence-electron chi connectivity index (χ2n) is 4.69. The van der Waals surface area contributed by atoms with Gasteiger partial charge in [0.2, 0.25) is 0 Å². The molecule has 0 fully saturated rings. The minimum Gasteiger partial charge on any atom is -0.309 e. The second-order valence-corrected chi connectivity index (χ2v) is 7.17. The van der Waals surface area contributed by atoms with Crippen LogP contribution < -0.4 is 5.32 Å². The van der Waals surface area contributed by atoms with Gasteiger partial charge in [-0.15, -0.1) is 11.8 Å². The number of hydrogen-bond acceptors (Lipinski definition) is 2. The molecule has 1 atom stereocenters. The lowest BCUT2D eigenvalue weighted by Gasteiger charge is -2.40. The molecule has 1 aliphatic rings. The van der Waals surface area contributed by atoms with Gasteiger partial charge in [0.15, 0.2) is 0 Å². The lowest BCUT2D eigenvalue weighted by Crippen LogP contribution is -2.39. The first-order chi connectivity index (χ1) is 7.56. The molecule has 0 radical (unpaired) electrons. The van der Waals surface area contributed by atoms with Gasteiger partial charge in [-0.3, -0.25) is 0 Å². The summed E-state index contributed by atoms with van der Waals surface area (Å²) in [6.07, 6.45) is 0. The SMILES string of the molecule is CCNC1c2cccc(Br)c2CSC1(C)C. The zero-order valence-corrected chi connectivity index (χ0v) is 12.4. The second kappa shape index (κ2) is 4.71. The molecule has 1 nitrogen and oxygen atoms in total. The Balaban J connectivity index is 2.46. The van der Waals surface area contributed by atoms with Crippen molar-refractivity contribution >= 4 is 27.7 Å². The highest BCUT2D eigenvalue weighted by Crippen LogP contribution is 2.47. The monoisotopic (exact) mass is 299 g/mol. The smallest absolute Gasteiger partial charge is 0.0467 e. The van der Waals surface area contributed by atoms with E-state index in [1.165, 1.54) is 15.6 Å². The van der Waals surface area contributed by atoms with Crippen molar-refractivity contribution in [2.24, 2.45) is 0 Å². The van der Waals surface area contributed by atoms with E-state index < -0.39 is 0 Å². The van der Waals surface area contributed by atoms with Crippen molar-refractivity contribution in [2.45, 2.75) is 37.3 Å². The summed E-state index contributed by atoms with van der Waals surface area (Å²) >= 11 is 5.69. The molecule has 0 aliphatic carbocycles. The summed E-state index contributed by atoms with van der Waals surface area (Å²) in [5, 5.41) is 3.62. The third-order valence-corrected chi connectivity index (χ3v) is 5.31. The van der Waals surface area contributed by atoms with Gasteiger partial charge in [-0.05, 0) is 37.6 Å². The third kappa shape index (κ3) is 2.18. The number of halogens is 1. The maximum atomic E-state index is 3.66. The van der Waals surface area contributed by atoms with E-state index in [1.54, 1.807) is 0 Å². The summed E-state index contributed by atoms with van der Waals surface area (Å²) in [4.78, 5) is 0. The first-order valence-corrected chi connectivity index (χ1v) is 7.48. The average molecular weight is 300 g/mol. The van der Waals surface area contributed by atoms with Crippen molar-refractivity contribution in [1.29, 1.82) is 0 Å². The van der Waals surface area contributed by atoms with E-state index in [2.05, 4.69) is 60.2 Å². The molecule has 0 saturated carbocycles. The highest BCUT2D eigenvalue weighted by atomic mass is 79.9. The van der Waals surface area contributed by atoms with E-state index >= 15 is 0 Å². The Kier molecular flexibility index (Phi) is 3.67. The molecular weight excluding hydrogens is 282 g/mol. The zero-order valence-electron chi connectivity index (χ0n) is 10.0. The number of hydrogen-bond donors (Lipinski definition) is 1. The molecule has 3 heteroatoms. The van der Waals surface area contributed by atoms with Gasteiger partial charge < -0.3 is 5.32 Å². The summed E-state index contributed by atoms with van der Waals surface area (Å²) in [6.45, 7) is 7.84. The van der Waals surface area contributed by atoms with Crippen molar-refractivity contribution < 1.29 is 0 Å². The van der Waals surface area contributed by atoms with Gasteiger partial charge in [0.1, 0.15) is 0 Å². The van der Waals surface area contributed by atoms with E-state index in [9.17, 15) is 0 Å². The quantitative estimate of drug-likeness (QED) is 0.881. The molecule has 0 aromatic heterocycles. The first-order valence-electron chi connectivity index (χ1n) is 5.71. The standard InChI is InChI=1S/C13H18BrNS/c1-4-15-12-9-6-5-7-11(14)10(9)8-16-13(12,2)3/h5-7,12,15H,4,8H2,1-3H3. The van der Waals surface area contributed by atoms with Crippen LogP contribution in [0.1, 0.15) is 37.9 Å². The highest BCUT2D eigenvalue weighted by Gasteiger charge is 2.36. The van der Waals surface area contributed by atoms with Crippen molar-refractivity contribution in [2.75, 3.05) is 6.54 Å². The Hall–Kier alpha value is 0.01000. The molecule has 0 amide bonds.